The van der Waals surface area contributed by atoms with E-state index >= 15 is 0 Å². The zero-order valence-corrected chi connectivity index (χ0v) is 12.0. The lowest BCUT2D eigenvalue weighted by molar-refractivity contribution is -0.132. The molecule has 1 aliphatic carbocycles. The van der Waals surface area contributed by atoms with E-state index in [1.54, 1.807) is 4.90 Å². The van der Waals surface area contributed by atoms with Gasteiger partial charge in [-0.05, 0) is 39.0 Å². The average Bonchev–Trinajstić information content (AvgIpc) is 2.28. The van der Waals surface area contributed by atoms with Crippen LogP contribution in [0.1, 0.15) is 46.0 Å². The van der Waals surface area contributed by atoms with Gasteiger partial charge in [-0.2, -0.15) is 0 Å². The van der Waals surface area contributed by atoms with E-state index in [-0.39, 0.29) is 12.0 Å². The van der Waals surface area contributed by atoms with Gasteiger partial charge in [-0.25, -0.2) is 0 Å². The van der Waals surface area contributed by atoms with Crippen LogP contribution < -0.4 is 5.73 Å². The summed E-state index contributed by atoms with van der Waals surface area (Å²) in [4.78, 5) is 13.8. The first-order valence-electron chi connectivity index (χ1n) is 7.10. The van der Waals surface area contributed by atoms with Gasteiger partial charge in [0, 0.05) is 26.1 Å². The molecule has 4 heteroatoms. The van der Waals surface area contributed by atoms with E-state index in [1.165, 1.54) is 6.42 Å². The molecule has 0 heterocycles. The standard InChI is InChI=1S/C14H28N2O2/c1-11(2)18-8-7-16(3)14(17)10-12-5-4-6-13(15)9-12/h11-13H,4-10,15H2,1-3H3. The van der Waals surface area contributed by atoms with Crippen LogP contribution in [0.5, 0.6) is 0 Å². The molecule has 1 saturated carbocycles. The highest BCUT2D eigenvalue weighted by atomic mass is 16.5. The van der Waals surface area contributed by atoms with E-state index in [0.29, 0.717) is 31.5 Å². The summed E-state index contributed by atoms with van der Waals surface area (Å²) in [6.07, 6.45) is 5.30. The Balaban J connectivity index is 2.22. The SMILES string of the molecule is CC(C)OCCN(C)C(=O)CC1CCCC(N)C1. The van der Waals surface area contributed by atoms with Crippen LogP contribution in [-0.4, -0.2) is 43.2 Å². The smallest absolute Gasteiger partial charge is 0.222 e. The third-order valence-electron chi connectivity index (χ3n) is 3.59. The molecule has 2 unspecified atom stereocenters. The first kappa shape index (κ1) is 15.4. The monoisotopic (exact) mass is 256 g/mol. The van der Waals surface area contributed by atoms with Gasteiger partial charge in [0.2, 0.25) is 5.91 Å². The highest BCUT2D eigenvalue weighted by Gasteiger charge is 2.22. The van der Waals surface area contributed by atoms with Gasteiger partial charge in [-0.1, -0.05) is 6.42 Å². The van der Waals surface area contributed by atoms with Crippen molar-refractivity contribution in [2.75, 3.05) is 20.2 Å². The largest absolute Gasteiger partial charge is 0.377 e. The summed E-state index contributed by atoms with van der Waals surface area (Å²) in [5.74, 6) is 0.705. The molecule has 0 aromatic rings. The molecule has 0 aromatic carbocycles. The normalized spacial score (nSPS) is 24.3. The number of carbonyl (C=O) groups is 1. The maximum atomic E-state index is 12.0. The molecule has 2 N–H and O–H groups in total. The minimum absolute atomic E-state index is 0.224. The molecule has 4 nitrogen and oxygen atoms in total. The number of hydrogen-bond donors (Lipinski definition) is 1. The summed E-state index contributed by atoms with van der Waals surface area (Å²) in [5.41, 5.74) is 5.95. The zero-order valence-electron chi connectivity index (χ0n) is 12.0. The molecule has 0 aliphatic heterocycles. The van der Waals surface area contributed by atoms with Crippen molar-refractivity contribution in [1.82, 2.24) is 4.90 Å². The van der Waals surface area contributed by atoms with Crippen LogP contribution in [0.2, 0.25) is 0 Å². The van der Waals surface area contributed by atoms with Crippen LogP contribution >= 0.6 is 0 Å². The fraction of sp³-hybridized carbons (Fsp3) is 0.929. The van der Waals surface area contributed by atoms with Gasteiger partial charge >= 0.3 is 0 Å². The van der Waals surface area contributed by atoms with Gasteiger partial charge in [-0.3, -0.25) is 4.79 Å². The van der Waals surface area contributed by atoms with E-state index in [9.17, 15) is 4.79 Å². The predicted molar refractivity (Wildman–Crippen MR) is 73.3 cm³/mol. The Bertz CT molecular complexity index is 256. The average molecular weight is 256 g/mol. The van der Waals surface area contributed by atoms with Gasteiger partial charge in [0.15, 0.2) is 0 Å². The molecular weight excluding hydrogens is 228 g/mol. The molecule has 0 saturated heterocycles. The zero-order chi connectivity index (χ0) is 13.5. The summed E-state index contributed by atoms with van der Waals surface area (Å²) >= 11 is 0. The number of nitrogens with two attached hydrogens (primary N) is 1. The quantitative estimate of drug-likeness (QED) is 0.788. The third kappa shape index (κ3) is 5.83. The number of carbonyl (C=O) groups excluding carboxylic acids is 1. The predicted octanol–water partition coefficient (Wildman–Crippen LogP) is 1.78. The van der Waals surface area contributed by atoms with Crippen molar-refractivity contribution in [2.45, 2.75) is 58.1 Å². The molecule has 2 atom stereocenters. The van der Waals surface area contributed by atoms with E-state index in [4.69, 9.17) is 10.5 Å². The molecule has 0 radical (unpaired) electrons. The van der Waals surface area contributed by atoms with Gasteiger partial charge in [0.25, 0.3) is 0 Å². The fourth-order valence-electron chi connectivity index (χ4n) is 2.47. The lowest BCUT2D eigenvalue weighted by Crippen LogP contribution is -2.34. The maximum Gasteiger partial charge on any atom is 0.222 e. The Morgan fingerprint density at radius 3 is 2.78 bits per heavy atom. The Morgan fingerprint density at radius 2 is 2.17 bits per heavy atom. The Labute approximate surface area is 111 Å². The van der Waals surface area contributed by atoms with E-state index in [1.807, 2.05) is 20.9 Å². The van der Waals surface area contributed by atoms with E-state index in [2.05, 4.69) is 0 Å². The lowest BCUT2D eigenvalue weighted by Gasteiger charge is -2.27. The topological polar surface area (TPSA) is 55.6 Å². The highest BCUT2D eigenvalue weighted by molar-refractivity contribution is 5.76. The minimum Gasteiger partial charge on any atom is -0.377 e. The third-order valence-corrected chi connectivity index (χ3v) is 3.59. The molecule has 1 amide bonds. The van der Waals surface area contributed by atoms with Crippen LogP contribution in [0, 0.1) is 5.92 Å². The van der Waals surface area contributed by atoms with Gasteiger partial charge in [-0.15, -0.1) is 0 Å². The number of likely N-dealkylation sites (N-methyl/N-ethyl adjacent to an activating group) is 1. The van der Waals surface area contributed by atoms with Crippen LogP contribution in [0.3, 0.4) is 0 Å². The number of amides is 1. The molecule has 1 aliphatic rings. The van der Waals surface area contributed by atoms with Crippen LogP contribution in [0.15, 0.2) is 0 Å². The Kier molecular flexibility index (Phi) is 6.65. The second kappa shape index (κ2) is 7.74. The molecule has 0 spiro atoms. The molecule has 0 bridgehead atoms. The first-order valence-corrected chi connectivity index (χ1v) is 7.10. The van der Waals surface area contributed by atoms with Gasteiger partial charge in [0.05, 0.1) is 12.7 Å². The van der Waals surface area contributed by atoms with E-state index in [0.717, 1.165) is 19.3 Å². The van der Waals surface area contributed by atoms with Crippen molar-refractivity contribution in [3.8, 4) is 0 Å². The summed E-state index contributed by atoms with van der Waals surface area (Å²) in [7, 11) is 1.86. The lowest BCUT2D eigenvalue weighted by atomic mass is 9.84. The maximum absolute atomic E-state index is 12.0. The number of ether oxygens (including phenoxy) is 1. The molecule has 1 rings (SSSR count). The molecule has 106 valence electrons. The summed E-state index contributed by atoms with van der Waals surface area (Å²) < 4.78 is 5.46. The number of hydrogen-bond acceptors (Lipinski definition) is 3. The van der Waals surface area contributed by atoms with E-state index < -0.39 is 0 Å². The second-order valence-corrected chi connectivity index (χ2v) is 5.73. The van der Waals surface area contributed by atoms with Crippen molar-refractivity contribution in [1.29, 1.82) is 0 Å². The van der Waals surface area contributed by atoms with Crippen molar-refractivity contribution in [3.63, 3.8) is 0 Å². The Hall–Kier alpha value is -0.610. The van der Waals surface area contributed by atoms with Crippen molar-refractivity contribution >= 4 is 5.91 Å². The summed E-state index contributed by atoms with van der Waals surface area (Å²) in [5, 5.41) is 0. The molecule has 0 aromatic heterocycles. The van der Waals surface area contributed by atoms with Crippen molar-refractivity contribution in [2.24, 2.45) is 11.7 Å². The first-order chi connectivity index (χ1) is 8.49. The number of rotatable bonds is 6. The number of nitrogens with zero attached hydrogens (tertiary/aromatic N) is 1. The summed E-state index contributed by atoms with van der Waals surface area (Å²) in [6.45, 7) is 5.30. The molecule has 1 fully saturated rings. The molecular formula is C14H28N2O2. The Morgan fingerprint density at radius 1 is 1.44 bits per heavy atom. The summed E-state index contributed by atoms with van der Waals surface area (Å²) in [6, 6.07) is 0.297. The van der Waals surface area contributed by atoms with Crippen LogP contribution in [0.25, 0.3) is 0 Å². The molecule has 18 heavy (non-hydrogen) atoms. The minimum atomic E-state index is 0.224. The van der Waals surface area contributed by atoms with Crippen LogP contribution in [-0.2, 0) is 9.53 Å². The van der Waals surface area contributed by atoms with Crippen molar-refractivity contribution < 1.29 is 9.53 Å². The van der Waals surface area contributed by atoms with Crippen LogP contribution in [0.4, 0.5) is 0 Å². The fourth-order valence-corrected chi connectivity index (χ4v) is 2.47. The van der Waals surface area contributed by atoms with Gasteiger partial charge in [0.1, 0.15) is 0 Å². The second-order valence-electron chi connectivity index (χ2n) is 5.73. The van der Waals surface area contributed by atoms with Gasteiger partial charge < -0.3 is 15.4 Å². The highest BCUT2D eigenvalue weighted by Crippen LogP contribution is 2.26. The van der Waals surface area contributed by atoms with Crippen molar-refractivity contribution in [3.05, 3.63) is 0 Å².